The minimum absolute atomic E-state index is 0.878. The van der Waals surface area contributed by atoms with Gasteiger partial charge in [0.25, 0.3) is 0 Å². The predicted molar refractivity (Wildman–Crippen MR) is 64.0 cm³/mol. The van der Waals surface area contributed by atoms with Crippen molar-refractivity contribution in [1.82, 2.24) is 0 Å². The van der Waals surface area contributed by atoms with E-state index in [0.29, 0.717) is 0 Å². The van der Waals surface area contributed by atoms with Crippen molar-refractivity contribution in [2.45, 2.75) is 44.4 Å². The molecule has 1 aliphatic rings. The first-order chi connectivity index (χ1) is 6.90. The summed E-state index contributed by atoms with van der Waals surface area (Å²) in [4.78, 5) is 1.53. The molecule has 0 amide bonds. The molecule has 0 saturated heterocycles. The molecule has 0 atom stereocenters. The van der Waals surface area contributed by atoms with Crippen LogP contribution in [0.5, 0.6) is 0 Å². The minimum atomic E-state index is 0.878. The molecule has 2 rings (SSSR count). The van der Waals surface area contributed by atoms with Crippen LogP contribution in [-0.4, -0.2) is 0 Å². The molecule has 0 aromatic carbocycles. The van der Waals surface area contributed by atoms with Crippen LogP contribution in [0.1, 0.15) is 48.5 Å². The largest absolute Gasteiger partial charge is 0.149 e. The molecule has 0 nitrogen and oxygen atoms in total. The van der Waals surface area contributed by atoms with Crippen LogP contribution in [0.3, 0.4) is 0 Å². The number of hydrogen-bond acceptors (Lipinski definition) is 1. The van der Waals surface area contributed by atoms with Crippen molar-refractivity contribution < 1.29 is 0 Å². The smallest absolute Gasteiger partial charge is 0.00512 e. The maximum absolute atomic E-state index is 3.76. The van der Waals surface area contributed by atoms with E-state index in [2.05, 4.69) is 18.0 Å². The Balaban J connectivity index is 1.97. The summed E-state index contributed by atoms with van der Waals surface area (Å²) in [7, 11) is 0. The summed E-state index contributed by atoms with van der Waals surface area (Å²) in [6.07, 6.45) is 10.0. The molecule has 1 aromatic rings. The van der Waals surface area contributed by atoms with E-state index in [1.807, 2.05) is 17.4 Å². The first-order valence-electron chi connectivity index (χ1n) is 5.58. The summed E-state index contributed by atoms with van der Waals surface area (Å²) < 4.78 is 0. The van der Waals surface area contributed by atoms with E-state index in [0.717, 1.165) is 12.3 Å². The van der Waals surface area contributed by atoms with E-state index in [1.165, 1.54) is 37.0 Å². The van der Waals surface area contributed by atoms with Crippen molar-refractivity contribution in [1.29, 1.82) is 0 Å². The number of aryl methyl sites for hydroxylation is 1. The van der Waals surface area contributed by atoms with Crippen LogP contribution < -0.4 is 0 Å². The Kier molecular flexibility index (Phi) is 3.41. The molecule has 1 heterocycles. The van der Waals surface area contributed by atoms with Gasteiger partial charge in [0.15, 0.2) is 0 Å². The highest BCUT2D eigenvalue weighted by Gasteiger charge is 2.17. The summed E-state index contributed by atoms with van der Waals surface area (Å²) in [6, 6.07) is 2.42. The Morgan fingerprint density at radius 1 is 1.43 bits per heavy atom. The van der Waals surface area contributed by atoms with Gasteiger partial charge < -0.3 is 0 Å². The Hall–Kier alpha value is -0.560. The van der Waals surface area contributed by atoms with E-state index in [4.69, 9.17) is 0 Å². The normalized spacial score (nSPS) is 17.4. The van der Waals surface area contributed by atoms with Gasteiger partial charge in [0.1, 0.15) is 0 Å². The van der Waals surface area contributed by atoms with Crippen molar-refractivity contribution in [2.24, 2.45) is 0 Å². The van der Waals surface area contributed by atoms with Crippen molar-refractivity contribution in [3.63, 3.8) is 0 Å². The van der Waals surface area contributed by atoms with Gasteiger partial charge in [-0.05, 0) is 48.6 Å². The fourth-order valence-corrected chi connectivity index (χ4v) is 3.23. The molecule has 0 N–H and O–H groups in total. The third-order valence-electron chi connectivity index (χ3n) is 3.10. The quantitative estimate of drug-likeness (QED) is 0.635. The minimum Gasteiger partial charge on any atom is -0.149 e. The average molecular weight is 206 g/mol. The molecule has 0 spiro atoms. The molecule has 1 saturated carbocycles. The third kappa shape index (κ3) is 2.27. The van der Waals surface area contributed by atoms with E-state index in [1.54, 1.807) is 5.56 Å². The van der Waals surface area contributed by atoms with Crippen LogP contribution in [0.4, 0.5) is 0 Å². The number of hydrogen-bond donors (Lipinski definition) is 0. The fourth-order valence-electron chi connectivity index (χ4n) is 2.25. The Labute approximate surface area is 90.7 Å². The zero-order valence-corrected chi connectivity index (χ0v) is 9.48. The maximum atomic E-state index is 3.76. The highest BCUT2D eigenvalue weighted by atomic mass is 32.1. The van der Waals surface area contributed by atoms with E-state index in [9.17, 15) is 0 Å². The summed E-state index contributed by atoms with van der Waals surface area (Å²) in [6.45, 7) is 3.76. The SMILES string of the molecule is C=CCCc1cc(C2CCCC2)cs1. The number of rotatable bonds is 4. The summed E-state index contributed by atoms with van der Waals surface area (Å²) in [5, 5.41) is 2.37. The number of allylic oxidation sites excluding steroid dienone is 1. The highest BCUT2D eigenvalue weighted by molar-refractivity contribution is 7.10. The topological polar surface area (TPSA) is 0 Å². The highest BCUT2D eigenvalue weighted by Crippen LogP contribution is 2.36. The van der Waals surface area contributed by atoms with Crippen LogP contribution in [0.2, 0.25) is 0 Å². The lowest BCUT2D eigenvalue weighted by Crippen LogP contribution is -1.88. The van der Waals surface area contributed by atoms with Crippen LogP contribution in [-0.2, 0) is 6.42 Å². The van der Waals surface area contributed by atoms with Crippen LogP contribution >= 0.6 is 11.3 Å². The lowest BCUT2D eigenvalue weighted by Gasteiger charge is -2.04. The molecule has 1 heteroatoms. The summed E-state index contributed by atoms with van der Waals surface area (Å²) in [5.74, 6) is 0.878. The maximum Gasteiger partial charge on any atom is 0.00512 e. The van der Waals surface area contributed by atoms with Gasteiger partial charge in [-0.1, -0.05) is 18.9 Å². The predicted octanol–water partition coefficient (Wildman–Crippen LogP) is 4.52. The molecule has 1 fully saturated rings. The fraction of sp³-hybridized carbons (Fsp3) is 0.538. The molecule has 0 radical (unpaired) electrons. The van der Waals surface area contributed by atoms with Gasteiger partial charge in [-0.15, -0.1) is 17.9 Å². The van der Waals surface area contributed by atoms with Gasteiger partial charge in [0.05, 0.1) is 0 Å². The van der Waals surface area contributed by atoms with Crippen molar-refractivity contribution in [2.75, 3.05) is 0 Å². The second-order valence-corrected chi connectivity index (χ2v) is 5.15. The van der Waals surface area contributed by atoms with Crippen molar-refractivity contribution >= 4 is 11.3 Å². The van der Waals surface area contributed by atoms with Crippen LogP contribution in [0.15, 0.2) is 24.1 Å². The van der Waals surface area contributed by atoms with Gasteiger partial charge >= 0.3 is 0 Å². The van der Waals surface area contributed by atoms with Crippen molar-refractivity contribution in [3.05, 3.63) is 34.5 Å². The van der Waals surface area contributed by atoms with Gasteiger partial charge in [-0.25, -0.2) is 0 Å². The summed E-state index contributed by atoms with van der Waals surface area (Å²) >= 11 is 1.93. The molecular formula is C13H18S. The second-order valence-electron chi connectivity index (χ2n) is 4.16. The van der Waals surface area contributed by atoms with Crippen LogP contribution in [0, 0.1) is 0 Å². The Morgan fingerprint density at radius 3 is 2.93 bits per heavy atom. The Morgan fingerprint density at radius 2 is 2.21 bits per heavy atom. The zero-order chi connectivity index (χ0) is 9.80. The monoisotopic (exact) mass is 206 g/mol. The van der Waals surface area contributed by atoms with E-state index < -0.39 is 0 Å². The molecule has 0 aliphatic heterocycles. The van der Waals surface area contributed by atoms with Gasteiger partial charge in [-0.3, -0.25) is 0 Å². The van der Waals surface area contributed by atoms with Crippen molar-refractivity contribution in [3.8, 4) is 0 Å². The lowest BCUT2D eigenvalue weighted by molar-refractivity contribution is 0.725. The summed E-state index contributed by atoms with van der Waals surface area (Å²) in [5.41, 5.74) is 1.60. The first-order valence-corrected chi connectivity index (χ1v) is 6.46. The molecule has 1 aromatic heterocycles. The first kappa shape index (κ1) is 9.97. The molecule has 14 heavy (non-hydrogen) atoms. The van der Waals surface area contributed by atoms with E-state index >= 15 is 0 Å². The zero-order valence-electron chi connectivity index (χ0n) is 8.67. The van der Waals surface area contributed by atoms with E-state index in [-0.39, 0.29) is 0 Å². The van der Waals surface area contributed by atoms with Gasteiger partial charge in [-0.2, -0.15) is 0 Å². The molecule has 76 valence electrons. The lowest BCUT2D eigenvalue weighted by atomic mass is 10.0. The molecular weight excluding hydrogens is 188 g/mol. The van der Waals surface area contributed by atoms with Gasteiger partial charge in [0.2, 0.25) is 0 Å². The standard InChI is InChI=1S/C13H18S/c1-2-3-8-13-9-12(10-14-13)11-6-4-5-7-11/h2,9-11H,1,3-8H2. The second kappa shape index (κ2) is 4.79. The third-order valence-corrected chi connectivity index (χ3v) is 4.11. The molecule has 0 unspecified atom stereocenters. The number of thiophene rings is 1. The van der Waals surface area contributed by atoms with Gasteiger partial charge in [0, 0.05) is 4.88 Å². The van der Waals surface area contributed by atoms with Crippen LogP contribution in [0.25, 0.3) is 0 Å². The average Bonchev–Trinajstić information content (AvgIpc) is 2.85. The Bertz CT molecular complexity index is 292. The molecule has 0 bridgehead atoms. The molecule has 1 aliphatic carbocycles.